The van der Waals surface area contributed by atoms with Crippen LogP contribution in [-0.4, -0.2) is 17.0 Å². The van der Waals surface area contributed by atoms with Gasteiger partial charge in [-0.3, -0.25) is 4.98 Å². The van der Waals surface area contributed by atoms with Gasteiger partial charge in [-0.1, -0.05) is 24.3 Å². The van der Waals surface area contributed by atoms with E-state index < -0.39 is 0 Å². The van der Waals surface area contributed by atoms with Crippen LogP contribution < -0.4 is 0 Å². The summed E-state index contributed by atoms with van der Waals surface area (Å²) in [7, 11) is 0. The lowest BCUT2D eigenvalue weighted by Crippen LogP contribution is -1.92. The molecule has 0 radical (unpaired) electrons. The number of para-hydroxylation sites is 1. The molecule has 0 aliphatic heterocycles. The molecule has 2 rings (SSSR count). The van der Waals surface area contributed by atoms with Gasteiger partial charge in [0, 0.05) is 11.1 Å². The maximum Gasteiger partial charge on any atom is 0.0705 e. The van der Waals surface area contributed by atoms with E-state index in [1.807, 2.05) is 23.9 Å². The molecule has 0 aliphatic carbocycles. The summed E-state index contributed by atoms with van der Waals surface area (Å²) < 4.78 is 0. The van der Waals surface area contributed by atoms with E-state index in [1.165, 1.54) is 11.1 Å². The van der Waals surface area contributed by atoms with Gasteiger partial charge < -0.3 is 0 Å². The van der Waals surface area contributed by atoms with Crippen molar-refractivity contribution >= 4 is 22.7 Å². The van der Waals surface area contributed by atoms with Gasteiger partial charge in [-0.25, -0.2) is 0 Å². The zero-order valence-electron chi connectivity index (χ0n) is 8.23. The van der Waals surface area contributed by atoms with Crippen LogP contribution in [0.2, 0.25) is 0 Å². The lowest BCUT2D eigenvalue weighted by molar-refractivity contribution is 1.07. The largest absolute Gasteiger partial charge is 0.253 e. The van der Waals surface area contributed by atoms with Gasteiger partial charge in [0.1, 0.15) is 0 Å². The number of benzene rings is 1. The van der Waals surface area contributed by atoms with Gasteiger partial charge in [0.05, 0.1) is 5.52 Å². The molecule has 0 N–H and O–H groups in total. The first kappa shape index (κ1) is 9.53. The van der Waals surface area contributed by atoms with Crippen molar-refractivity contribution in [2.24, 2.45) is 0 Å². The second kappa shape index (κ2) is 4.47. The van der Waals surface area contributed by atoms with Crippen LogP contribution >= 0.6 is 11.8 Å². The standard InChI is InChI=1S/C12H13NS/c1-14-9-8-11-7-6-10-4-2-3-5-12(10)13-11/h2-7H,8-9H2,1H3. The first-order valence-corrected chi connectivity index (χ1v) is 6.13. The van der Waals surface area contributed by atoms with Crippen LogP contribution in [-0.2, 0) is 6.42 Å². The quantitative estimate of drug-likeness (QED) is 0.760. The number of pyridine rings is 1. The fourth-order valence-electron chi connectivity index (χ4n) is 1.45. The van der Waals surface area contributed by atoms with Crippen molar-refractivity contribution in [1.29, 1.82) is 0 Å². The van der Waals surface area contributed by atoms with E-state index in [4.69, 9.17) is 0 Å². The number of hydrogen-bond acceptors (Lipinski definition) is 2. The summed E-state index contributed by atoms with van der Waals surface area (Å²) in [4.78, 5) is 4.60. The molecule has 14 heavy (non-hydrogen) atoms. The Balaban J connectivity index is 2.32. The third-order valence-electron chi connectivity index (χ3n) is 2.22. The molecule has 0 saturated carbocycles. The second-order valence-electron chi connectivity index (χ2n) is 3.24. The van der Waals surface area contributed by atoms with Gasteiger partial charge >= 0.3 is 0 Å². The Morgan fingerprint density at radius 1 is 1.14 bits per heavy atom. The Morgan fingerprint density at radius 2 is 2.00 bits per heavy atom. The van der Waals surface area contributed by atoms with E-state index >= 15 is 0 Å². The molecule has 0 aliphatic rings. The topological polar surface area (TPSA) is 12.9 Å². The van der Waals surface area contributed by atoms with Gasteiger partial charge in [-0.05, 0) is 30.6 Å². The first-order valence-electron chi connectivity index (χ1n) is 4.74. The minimum Gasteiger partial charge on any atom is -0.253 e. The molecule has 72 valence electrons. The highest BCUT2D eigenvalue weighted by Crippen LogP contribution is 2.12. The van der Waals surface area contributed by atoms with E-state index in [0.29, 0.717) is 0 Å². The summed E-state index contributed by atoms with van der Waals surface area (Å²) in [6, 6.07) is 12.5. The summed E-state index contributed by atoms with van der Waals surface area (Å²) in [5.74, 6) is 1.14. The summed E-state index contributed by atoms with van der Waals surface area (Å²) in [5.41, 5.74) is 2.30. The van der Waals surface area contributed by atoms with Crippen molar-refractivity contribution < 1.29 is 0 Å². The van der Waals surface area contributed by atoms with Crippen LogP contribution in [0.25, 0.3) is 10.9 Å². The molecule has 1 aromatic carbocycles. The number of aryl methyl sites for hydroxylation is 1. The molecule has 0 bridgehead atoms. The highest BCUT2D eigenvalue weighted by Gasteiger charge is 1.96. The number of rotatable bonds is 3. The summed E-state index contributed by atoms with van der Waals surface area (Å²) >= 11 is 1.86. The van der Waals surface area contributed by atoms with Crippen molar-refractivity contribution in [2.75, 3.05) is 12.0 Å². The van der Waals surface area contributed by atoms with E-state index in [1.54, 1.807) is 0 Å². The van der Waals surface area contributed by atoms with E-state index in [9.17, 15) is 0 Å². The molecule has 1 nitrogen and oxygen atoms in total. The van der Waals surface area contributed by atoms with Crippen molar-refractivity contribution in [3.8, 4) is 0 Å². The predicted molar refractivity (Wildman–Crippen MR) is 63.8 cm³/mol. The van der Waals surface area contributed by atoms with Crippen molar-refractivity contribution in [3.05, 3.63) is 42.1 Å². The molecule has 0 spiro atoms. The highest BCUT2D eigenvalue weighted by atomic mass is 32.2. The maximum atomic E-state index is 4.60. The molecular formula is C12H13NS. The number of hydrogen-bond donors (Lipinski definition) is 0. The minimum atomic E-state index is 1.06. The van der Waals surface area contributed by atoms with Gasteiger partial charge in [0.15, 0.2) is 0 Å². The number of nitrogens with zero attached hydrogens (tertiary/aromatic N) is 1. The number of fused-ring (bicyclic) bond motifs is 1. The molecule has 2 heteroatoms. The Hall–Kier alpha value is -1.02. The van der Waals surface area contributed by atoms with Gasteiger partial charge in [0.2, 0.25) is 0 Å². The molecule has 1 heterocycles. The average molecular weight is 203 g/mol. The lowest BCUT2D eigenvalue weighted by Gasteiger charge is -2.01. The van der Waals surface area contributed by atoms with E-state index in [0.717, 1.165) is 17.7 Å². The Kier molecular flexibility index (Phi) is 3.04. The first-order chi connectivity index (χ1) is 6.90. The van der Waals surface area contributed by atoms with Gasteiger partial charge in [-0.2, -0.15) is 11.8 Å². The Labute approximate surface area is 88.6 Å². The number of aromatic nitrogens is 1. The van der Waals surface area contributed by atoms with Crippen LogP contribution in [0.4, 0.5) is 0 Å². The molecule has 0 unspecified atom stereocenters. The van der Waals surface area contributed by atoms with Crippen molar-refractivity contribution in [2.45, 2.75) is 6.42 Å². The SMILES string of the molecule is CSCCc1ccc2ccccc2n1. The van der Waals surface area contributed by atoms with E-state index in [-0.39, 0.29) is 0 Å². The molecule has 2 aromatic rings. The van der Waals surface area contributed by atoms with Crippen LogP contribution in [0, 0.1) is 0 Å². The fourth-order valence-corrected chi connectivity index (χ4v) is 1.87. The maximum absolute atomic E-state index is 4.60. The minimum absolute atomic E-state index is 1.06. The molecule has 1 aromatic heterocycles. The third kappa shape index (κ3) is 2.07. The van der Waals surface area contributed by atoms with Crippen LogP contribution in [0.3, 0.4) is 0 Å². The van der Waals surface area contributed by atoms with E-state index in [2.05, 4.69) is 35.5 Å². The zero-order chi connectivity index (χ0) is 9.80. The van der Waals surface area contributed by atoms with Gasteiger partial charge in [0.25, 0.3) is 0 Å². The average Bonchev–Trinajstić information content (AvgIpc) is 2.26. The van der Waals surface area contributed by atoms with Crippen molar-refractivity contribution in [1.82, 2.24) is 4.98 Å². The lowest BCUT2D eigenvalue weighted by atomic mass is 10.2. The normalized spacial score (nSPS) is 10.6. The molecular weight excluding hydrogens is 190 g/mol. The Morgan fingerprint density at radius 3 is 2.86 bits per heavy atom. The fraction of sp³-hybridized carbons (Fsp3) is 0.250. The summed E-state index contributed by atoms with van der Waals surface area (Å²) in [6.45, 7) is 0. The third-order valence-corrected chi connectivity index (χ3v) is 2.83. The predicted octanol–water partition coefficient (Wildman–Crippen LogP) is 3.14. The summed E-state index contributed by atoms with van der Waals surface area (Å²) in [5, 5.41) is 1.22. The van der Waals surface area contributed by atoms with Crippen LogP contribution in [0.1, 0.15) is 5.69 Å². The molecule has 0 saturated heterocycles. The van der Waals surface area contributed by atoms with Crippen LogP contribution in [0.5, 0.6) is 0 Å². The van der Waals surface area contributed by atoms with Crippen molar-refractivity contribution in [3.63, 3.8) is 0 Å². The second-order valence-corrected chi connectivity index (χ2v) is 4.22. The summed E-state index contributed by atoms with van der Waals surface area (Å²) in [6.07, 6.45) is 3.19. The Bertz CT molecular complexity index is 425. The number of thioether (sulfide) groups is 1. The highest BCUT2D eigenvalue weighted by molar-refractivity contribution is 7.98. The smallest absolute Gasteiger partial charge is 0.0705 e. The van der Waals surface area contributed by atoms with Gasteiger partial charge in [-0.15, -0.1) is 0 Å². The molecule has 0 amide bonds. The zero-order valence-corrected chi connectivity index (χ0v) is 9.05. The monoisotopic (exact) mass is 203 g/mol. The van der Waals surface area contributed by atoms with Crippen LogP contribution in [0.15, 0.2) is 36.4 Å². The molecule has 0 fully saturated rings. The molecule has 0 atom stereocenters.